The summed E-state index contributed by atoms with van der Waals surface area (Å²) in [6.45, 7) is 0. The van der Waals surface area contributed by atoms with E-state index in [0.717, 1.165) is 25.1 Å². The van der Waals surface area contributed by atoms with Gasteiger partial charge >= 0.3 is 6.18 Å². The van der Waals surface area contributed by atoms with E-state index in [1.807, 2.05) is 0 Å². The predicted octanol–water partition coefficient (Wildman–Crippen LogP) is 4.94. The Hall–Kier alpha value is -1.80. The van der Waals surface area contributed by atoms with Crippen molar-refractivity contribution < 1.29 is 22.7 Å². The third-order valence-corrected chi connectivity index (χ3v) is 5.39. The van der Waals surface area contributed by atoms with Crippen molar-refractivity contribution in [1.82, 2.24) is 10.3 Å². The van der Waals surface area contributed by atoms with Gasteiger partial charge in [-0.25, -0.2) is 4.98 Å². The molecule has 1 fully saturated rings. The van der Waals surface area contributed by atoms with Gasteiger partial charge in [0.1, 0.15) is 6.10 Å². The summed E-state index contributed by atoms with van der Waals surface area (Å²) in [6, 6.07) is 5.61. The summed E-state index contributed by atoms with van der Waals surface area (Å²) in [6.07, 6.45) is -0.907. The van der Waals surface area contributed by atoms with Crippen LogP contribution in [0.25, 0.3) is 0 Å². The number of thiophene rings is 1. The molecule has 0 unspecified atom stereocenters. The molecule has 1 saturated carbocycles. The highest BCUT2D eigenvalue weighted by Gasteiger charge is 2.31. The van der Waals surface area contributed by atoms with E-state index in [0.29, 0.717) is 22.1 Å². The van der Waals surface area contributed by atoms with Crippen LogP contribution in [0.15, 0.2) is 30.5 Å². The van der Waals surface area contributed by atoms with Gasteiger partial charge in [0.15, 0.2) is 0 Å². The summed E-state index contributed by atoms with van der Waals surface area (Å²) in [5.74, 6) is 0.0365. The van der Waals surface area contributed by atoms with Crippen LogP contribution in [0.4, 0.5) is 13.2 Å². The van der Waals surface area contributed by atoms with Gasteiger partial charge in [0.25, 0.3) is 5.91 Å². The third kappa shape index (κ3) is 4.88. The van der Waals surface area contributed by atoms with E-state index in [9.17, 15) is 18.0 Å². The van der Waals surface area contributed by atoms with Crippen molar-refractivity contribution in [2.45, 2.75) is 44.0 Å². The standard InChI is InChI=1S/C17H16ClF3N2O2S/c18-14-7-6-13(26-14)16(24)23-11-2-4-12(5-3-11)25-15-8-1-10(9-22-15)17(19,20)21/h1,6-9,11-12H,2-5H2,(H,23,24). The van der Waals surface area contributed by atoms with Gasteiger partial charge in [-0.15, -0.1) is 11.3 Å². The number of pyridine rings is 1. The molecule has 2 heterocycles. The number of aromatic nitrogens is 1. The Balaban J connectivity index is 1.47. The van der Waals surface area contributed by atoms with Crippen LogP contribution >= 0.6 is 22.9 Å². The highest BCUT2D eigenvalue weighted by atomic mass is 35.5. The molecule has 0 radical (unpaired) electrons. The molecule has 0 atom stereocenters. The summed E-state index contributed by atoms with van der Waals surface area (Å²) in [5, 5.41) is 2.97. The molecule has 2 aromatic rings. The van der Waals surface area contributed by atoms with Crippen LogP contribution < -0.4 is 10.1 Å². The number of carbonyl (C=O) groups is 1. The first-order chi connectivity index (χ1) is 12.3. The van der Waals surface area contributed by atoms with Crippen LogP contribution in [0.2, 0.25) is 4.34 Å². The average molecular weight is 405 g/mol. The molecule has 2 aromatic heterocycles. The fourth-order valence-corrected chi connectivity index (χ4v) is 3.75. The van der Waals surface area contributed by atoms with Crippen molar-refractivity contribution in [1.29, 1.82) is 0 Å². The first-order valence-electron chi connectivity index (χ1n) is 8.07. The van der Waals surface area contributed by atoms with Crippen LogP contribution in [0.1, 0.15) is 40.9 Å². The molecule has 0 saturated heterocycles. The molecular formula is C17H16ClF3N2O2S. The van der Waals surface area contributed by atoms with Crippen LogP contribution in [-0.4, -0.2) is 23.0 Å². The van der Waals surface area contributed by atoms with E-state index in [1.165, 1.54) is 17.4 Å². The van der Waals surface area contributed by atoms with E-state index in [4.69, 9.17) is 16.3 Å². The van der Waals surface area contributed by atoms with Crippen molar-refractivity contribution in [2.24, 2.45) is 0 Å². The number of amides is 1. The molecule has 1 amide bonds. The summed E-state index contributed by atoms with van der Waals surface area (Å²) >= 11 is 7.06. The fourth-order valence-electron chi connectivity index (χ4n) is 2.81. The Morgan fingerprint density at radius 2 is 1.92 bits per heavy atom. The molecule has 1 aliphatic carbocycles. The highest BCUT2D eigenvalue weighted by molar-refractivity contribution is 7.17. The minimum absolute atomic E-state index is 0.0452. The van der Waals surface area contributed by atoms with Gasteiger partial charge in [-0.2, -0.15) is 13.2 Å². The predicted molar refractivity (Wildman–Crippen MR) is 92.7 cm³/mol. The molecule has 3 rings (SSSR count). The van der Waals surface area contributed by atoms with Crippen molar-refractivity contribution in [2.75, 3.05) is 0 Å². The van der Waals surface area contributed by atoms with E-state index in [1.54, 1.807) is 12.1 Å². The summed E-state index contributed by atoms with van der Waals surface area (Å²) in [7, 11) is 0. The lowest BCUT2D eigenvalue weighted by atomic mass is 9.93. The molecule has 0 bridgehead atoms. The Bertz CT molecular complexity index is 756. The van der Waals surface area contributed by atoms with Crippen molar-refractivity contribution in [3.8, 4) is 5.88 Å². The maximum atomic E-state index is 12.5. The number of nitrogens with zero attached hydrogens (tertiary/aromatic N) is 1. The number of carbonyl (C=O) groups excluding carboxylic acids is 1. The Morgan fingerprint density at radius 1 is 1.19 bits per heavy atom. The maximum absolute atomic E-state index is 12.5. The lowest BCUT2D eigenvalue weighted by molar-refractivity contribution is -0.137. The van der Waals surface area contributed by atoms with Gasteiger partial charge in [0.2, 0.25) is 5.88 Å². The molecule has 1 aliphatic rings. The second-order valence-electron chi connectivity index (χ2n) is 6.05. The van der Waals surface area contributed by atoms with Crippen molar-refractivity contribution >= 4 is 28.8 Å². The Morgan fingerprint density at radius 3 is 2.46 bits per heavy atom. The van der Waals surface area contributed by atoms with Gasteiger partial charge in [-0.1, -0.05) is 11.6 Å². The van der Waals surface area contributed by atoms with Crippen molar-refractivity contribution in [3.63, 3.8) is 0 Å². The van der Waals surface area contributed by atoms with Gasteiger partial charge in [0, 0.05) is 18.3 Å². The Kier molecular flexibility index (Phi) is 5.72. The van der Waals surface area contributed by atoms with E-state index < -0.39 is 11.7 Å². The molecule has 0 aromatic carbocycles. The van der Waals surface area contributed by atoms with Crippen LogP contribution in [0.5, 0.6) is 5.88 Å². The number of halogens is 4. The largest absolute Gasteiger partial charge is 0.474 e. The molecule has 0 aliphatic heterocycles. The molecule has 4 nitrogen and oxygen atoms in total. The van der Waals surface area contributed by atoms with E-state index in [-0.39, 0.29) is 23.9 Å². The number of hydrogen-bond acceptors (Lipinski definition) is 4. The summed E-state index contributed by atoms with van der Waals surface area (Å²) in [4.78, 5) is 16.4. The number of ether oxygens (including phenoxy) is 1. The zero-order valence-electron chi connectivity index (χ0n) is 13.6. The SMILES string of the molecule is O=C(NC1CCC(Oc2ccc(C(F)(F)F)cn2)CC1)c1ccc(Cl)s1. The minimum atomic E-state index is -4.41. The van der Waals surface area contributed by atoms with Gasteiger partial charge < -0.3 is 10.1 Å². The third-order valence-electron chi connectivity index (χ3n) is 4.16. The number of nitrogens with one attached hydrogen (secondary N) is 1. The maximum Gasteiger partial charge on any atom is 0.417 e. The first-order valence-corrected chi connectivity index (χ1v) is 9.27. The highest BCUT2D eigenvalue weighted by Crippen LogP contribution is 2.30. The van der Waals surface area contributed by atoms with E-state index in [2.05, 4.69) is 10.3 Å². The van der Waals surface area contributed by atoms with E-state index >= 15 is 0 Å². The monoisotopic (exact) mass is 404 g/mol. The number of hydrogen-bond donors (Lipinski definition) is 1. The fraction of sp³-hybridized carbons (Fsp3) is 0.412. The molecule has 9 heteroatoms. The zero-order chi connectivity index (χ0) is 18.7. The zero-order valence-corrected chi connectivity index (χ0v) is 15.1. The molecule has 1 N–H and O–H groups in total. The summed E-state index contributed by atoms with van der Waals surface area (Å²) in [5.41, 5.74) is -0.801. The van der Waals surface area contributed by atoms with Gasteiger partial charge in [0.05, 0.1) is 14.8 Å². The molecule has 26 heavy (non-hydrogen) atoms. The molecular weight excluding hydrogens is 389 g/mol. The van der Waals surface area contributed by atoms with Crippen molar-refractivity contribution in [3.05, 3.63) is 45.2 Å². The normalized spacial score (nSPS) is 20.6. The van der Waals surface area contributed by atoms with Crippen LogP contribution in [0, 0.1) is 0 Å². The first kappa shape index (κ1) is 19.0. The smallest absolute Gasteiger partial charge is 0.417 e. The van der Waals surface area contributed by atoms with Gasteiger partial charge in [-0.3, -0.25) is 4.79 Å². The average Bonchev–Trinajstić information content (AvgIpc) is 3.03. The Labute approximate surface area is 157 Å². The van der Waals surface area contributed by atoms with Crippen LogP contribution in [-0.2, 0) is 6.18 Å². The molecule has 140 valence electrons. The second-order valence-corrected chi connectivity index (χ2v) is 7.77. The van der Waals surface area contributed by atoms with Crippen LogP contribution in [0.3, 0.4) is 0 Å². The summed E-state index contributed by atoms with van der Waals surface area (Å²) < 4.78 is 43.8. The second kappa shape index (κ2) is 7.84. The quantitative estimate of drug-likeness (QED) is 0.785. The number of alkyl halides is 3. The topological polar surface area (TPSA) is 51.2 Å². The lowest BCUT2D eigenvalue weighted by Gasteiger charge is -2.29. The number of rotatable bonds is 4. The van der Waals surface area contributed by atoms with Gasteiger partial charge in [-0.05, 0) is 43.9 Å². The minimum Gasteiger partial charge on any atom is -0.474 e. The molecule has 0 spiro atoms. The lowest BCUT2D eigenvalue weighted by Crippen LogP contribution is -2.39.